The molecular weight excluding hydrogens is 312 g/mol. The van der Waals surface area contributed by atoms with Gasteiger partial charge in [0.25, 0.3) is 0 Å². The van der Waals surface area contributed by atoms with Crippen molar-refractivity contribution < 1.29 is 14.6 Å². The first-order valence-electron chi connectivity index (χ1n) is 8.87. The molecule has 0 fully saturated rings. The number of hydrogen-bond acceptors (Lipinski definition) is 3. The maximum absolute atomic E-state index is 8.61. The molecule has 0 saturated carbocycles. The number of aliphatic hydroxyl groups is 1. The largest absolute Gasteiger partial charge is 0.490 e. The summed E-state index contributed by atoms with van der Waals surface area (Å²) >= 11 is 6.26. The number of hydrogen-bond donors (Lipinski definition) is 1. The maximum Gasteiger partial charge on any atom is 0.138 e. The first kappa shape index (κ1) is 20.3. The Hall–Kier alpha value is -0.770. The summed E-state index contributed by atoms with van der Waals surface area (Å²) in [5, 5.41) is 9.27. The first-order valence-corrected chi connectivity index (χ1v) is 9.25. The fourth-order valence-electron chi connectivity index (χ4n) is 2.48. The molecule has 0 spiro atoms. The van der Waals surface area contributed by atoms with Gasteiger partial charge in [0.1, 0.15) is 12.4 Å². The summed E-state index contributed by atoms with van der Waals surface area (Å²) in [5.74, 6) is 0.697. The Morgan fingerprint density at radius 3 is 2.39 bits per heavy atom. The number of rotatable bonds is 14. The molecule has 0 bridgehead atoms. The number of unbranched alkanes of at least 4 members (excludes halogenated alkanes) is 6. The van der Waals surface area contributed by atoms with E-state index >= 15 is 0 Å². The van der Waals surface area contributed by atoms with Crippen molar-refractivity contribution in [1.82, 2.24) is 0 Å². The van der Waals surface area contributed by atoms with E-state index in [0.29, 0.717) is 30.6 Å². The number of benzene rings is 1. The minimum Gasteiger partial charge on any atom is -0.490 e. The average Bonchev–Trinajstić information content (AvgIpc) is 2.55. The number of halogens is 1. The molecule has 132 valence electrons. The number of aliphatic hydroxyl groups excluding tert-OH is 1. The lowest BCUT2D eigenvalue weighted by molar-refractivity contribution is 0.0705. The highest BCUT2D eigenvalue weighted by molar-refractivity contribution is 6.32. The van der Waals surface area contributed by atoms with Crippen molar-refractivity contribution in [2.24, 2.45) is 0 Å². The molecule has 0 heterocycles. The first-order chi connectivity index (χ1) is 11.3. The maximum atomic E-state index is 8.61. The Kier molecular flexibility index (Phi) is 12.0. The molecule has 0 amide bonds. The lowest BCUT2D eigenvalue weighted by Gasteiger charge is -2.10. The molecule has 1 N–H and O–H groups in total. The van der Waals surface area contributed by atoms with E-state index in [1.807, 2.05) is 12.1 Å². The van der Waals surface area contributed by atoms with Crippen LogP contribution in [0, 0.1) is 0 Å². The quantitative estimate of drug-likeness (QED) is 0.482. The van der Waals surface area contributed by atoms with Gasteiger partial charge in [-0.3, -0.25) is 0 Å². The summed E-state index contributed by atoms with van der Waals surface area (Å²) < 4.78 is 10.7. The second-order valence-electron chi connectivity index (χ2n) is 5.82. The lowest BCUT2D eigenvalue weighted by Crippen LogP contribution is -2.09. The highest BCUT2D eigenvalue weighted by Gasteiger charge is 2.03. The van der Waals surface area contributed by atoms with Gasteiger partial charge in [0, 0.05) is 0 Å². The van der Waals surface area contributed by atoms with Gasteiger partial charge in [0.05, 0.1) is 24.8 Å². The topological polar surface area (TPSA) is 38.7 Å². The van der Waals surface area contributed by atoms with E-state index in [2.05, 4.69) is 13.0 Å². The Balaban J connectivity index is 2.19. The summed E-state index contributed by atoms with van der Waals surface area (Å²) in [4.78, 5) is 0. The van der Waals surface area contributed by atoms with Gasteiger partial charge in [-0.15, -0.1) is 0 Å². The van der Waals surface area contributed by atoms with Crippen LogP contribution in [0.4, 0.5) is 0 Å². The van der Waals surface area contributed by atoms with Crippen molar-refractivity contribution in [1.29, 1.82) is 0 Å². The van der Waals surface area contributed by atoms with E-state index in [4.69, 9.17) is 26.2 Å². The lowest BCUT2D eigenvalue weighted by atomic mass is 10.0. The van der Waals surface area contributed by atoms with Crippen LogP contribution in [-0.2, 0) is 11.2 Å². The van der Waals surface area contributed by atoms with Crippen LogP contribution in [-0.4, -0.2) is 31.5 Å². The van der Waals surface area contributed by atoms with Gasteiger partial charge in [-0.2, -0.15) is 0 Å². The Labute approximate surface area is 146 Å². The molecule has 0 radical (unpaired) electrons. The fourth-order valence-corrected chi connectivity index (χ4v) is 2.74. The van der Waals surface area contributed by atoms with Crippen LogP contribution < -0.4 is 4.74 Å². The third-order valence-electron chi connectivity index (χ3n) is 3.79. The third-order valence-corrected chi connectivity index (χ3v) is 4.08. The summed E-state index contributed by atoms with van der Waals surface area (Å²) in [5.41, 5.74) is 1.27. The second-order valence-corrected chi connectivity index (χ2v) is 6.23. The fraction of sp³-hybridized carbons (Fsp3) is 0.684. The van der Waals surface area contributed by atoms with Crippen LogP contribution in [0.5, 0.6) is 5.75 Å². The molecule has 1 aromatic carbocycles. The monoisotopic (exact) mass is 342 g/mol. The van der Waals surface area contributed by atoms with Crippen molar-refractivity contribution in [2.75, 3.05) is 26.4 Å². The van der Waals surface area contributed by atoms with Crippen LogP contribution in [0.1, 0.15) is 57.4 Å². The molecule has 0 saturated heterocycles. The summed E-state index contributed by atoms with van der Waals surface area (Å²) in [6.45, 7) is 3.52. The van der Waals surface area contributed by atoms with Crippen molar-refractivity contribution in [3.8, 4) is 5.75 Å². The predicted octanol–water partition coefficient (Wildman–Crippen LogP) is 5.02. The predicted molar refractivity (Wildman–Crippen MR) is 96.5 cm³/mol. The highest BCUT2D eigenvalue weighted by Crippen LogP contribution is 2.26. The third kappa shape index (κ3) is 9.85. The van der Waals surface area contributed by atoms with E-state index in [0.717, 1.165) is 6.42 Å². The summed E-state index contributed by atoms with van der Waals surface area (Å²) in [7, 11) is 0. The molecule has 0 unspecified atom stereocenters. The minimum absolute atomic E-state index is 0.0358. The number of aryl methyl sites for hydroxylation is 1. The van der Waals surface area contributed by atoms with Crippen molar-refractivity contribution in [3.63, 3.8) is 0 Å². The van der Waals surface area contributed by atoms with Gasteiger partial charge >= 0.3 is 0 Å². The van der Waals surface area contributed by atoms with E-state index in [1.54, 1.807) is 0 Å². The van der Waals surface area contributed by atoms with Crippen molar-refractivity contribution in [2.45, 2.75) is 58.3 Å². The Morgan fingerprint density at radius 2 is 1.70 bits per heavy atom. The van der Waals surface area contributed by atoms with Gasteiger partial charge in [0.15, 0.2) is 0 Å². The van der Waals surface area contributed by atoms with Gasteiger partial charge in [0.2, 0.25) is 0 Å². The highest BCUT2D eigenvalue weighted by atomic mass is 35.5. The van der Waals surface area contributed by atoms with Gasteiger partial charge in [-0.05, 0) is 30.5 Å². The van der Waals surface area contributed by atoms with Crippen molar-refractivity contribution >= 4 is 11.6 Å². The van der Waals surface area contributed by atoms with Gasteiger partial charge < -0.3 is 14.6 Å². The summed E-state index contributed by atoms with van der Waals surface area (Å²) in [6.07, 6.45) is 10.3. The molecule has 23 heavy (non-hydrogen) atoms. The van der Waals surface area contributed by atoms with Crippen LogP contribution in [0.3, 0.4) is 0 Å². The van der Waals surface area contributed by atoms with Gasteiger partial charge in [-0.1, -0.05) is 63.1 Å². The van der Waals surface area contributed by atoms with Crippen molar-refractivity contribution in [3.05, 3.63) is 28.8 Å². The van der Waals surface area contributed by atoms with E-state index in [1.165, 1.54) is 50.5 Å². The molecule has 1 rings (SSSR count). The zero-order chi connectivity index (χ0) is 16.8. The standard InChI is InChI=1S/C19H31ClO3/c1-2-3-4-5-6-7-8-9-17-10-11-19(18(20)16-17)23-15-14-22-13-12-21/h10-11,16,21H,2-9,12-15H2,1H3. The molecule has 3 nitrogen and oxygen atoms in total. The smallest absolute Gasteiger partial charge is 0.138 e. The average molecular weight is 343 g/mol. The van der Waals surface area contributed by atoms with Crippen LogP contribution in [0.25, 0.3) is 0 Å². The minimum atomic E-state index is 0.0358. The second kappa shape index (κ2) is 13.6. The number of ether oxygens (including phenoxy) is 2. The molecule has 0 aliphatic heterocycles. The zero-order valence-corrected chi connectivity index (χ0v) is 15.1. The molecule has 4 heteroatoms. The Morgan fingerprint density at radius 1 is 0.957 bits per heavy atom. The van der Waals surface area contributed by atoms with E-state index in [-0.39, 0.29) is 6.61 Å². The SMILES string of the molecule is CCCCCCCCCc1ccc(OCCOCCO)c(Cl)c1. The molecule has 1 aromatic rings. The molecule has 0 aliphatic carbocycles. The van der Waals surface area contributed by atoms with Gasteiger partial charge in [-0.25, -0.2) is 0 Å². The van der Waals surface area contributed by atoms with E-state index < -0.39 is 0 Å². The van der Waals surface area contributed by atoms with Crippen LogP contribution in [0.15, 0.2) is 18.2 Å². The molecule has 0 aliphatic rings. The van der Waals surface area contributed by atoms with E-state index in [9.17, 15) is 0 Å². The normalized spacial score (nSPS) is 10.9. The molecule has 0 aromatic heterocycles. The molecular formula is C19H31ClO3. The molecule has 0 atom stereocenters. The summed E-state index contributed by atoms with van der Waals surface area (Å²) in [6, 6.07) is 6.03. The van der Waals surface area contributed by atoms with Crippen LogP contribution >= 0.6 is 11.6 Å². The van der Waals surface area contributed by atoms with Crippen LogP contribution in [0.2, 0.25) is 5.02 Å². The Bertz CT molecular complexity index is 410. The zero-order valence-electron chi connectivity index (χ0n) is 14.4.